The van der Waals surface area contributed by atoms with Crippen molar-refractivity contribution in [2.24, 2.45) is 11.1 Å². The van der Waals surface area contributed by atoms with Gasteiger partial charge in [0.05, 0.1) is 10.6 Å². The summed E-state index contributed by atoms with van der Waals surface area (Å²) in [4.78, 5) is -0.0447. The maximum absolute atomic E-state index is 12.9. The smallest absolute Gasteiger partial charge is 0.243 e. The van der Waals surface area contributed by atoms with Crippen molar-refractivity contribution in [2.75, 3.05) is 25.9 Å². The molecule has 2 N–H and O–H groups in total. The third-order valence-corrected chi connectivity index (χ3v) is 7.08. The van der Waals surface area contributed by atoms with Gasteiger partial charge in [0.15, 0.2) is 9.84 Å². The topological polar surface area (TPSA) is 97.5 Å². The monoisotopic (exact) mass is 416 g/mol. The molecule has 1 heterocycles. The molecular weight excluding hydrogens is 395 g/mol. The molecule has 24 heavy (non-hydrogen) atoms. The first-order chi connectivity index (χ1) is 10.5. The highest BCUT2D eigenvalue weighted by molar-refractivity contribution is 7.90. The molecule has 1 aromatic carbocycles. The molecule has 1 unspecified atom stereocenters. The van der Waals surface area contributed by atoms with E-state index in [1.807, 2.05) is 6.92 Å². The molecule has 1 aromatic rings. The molecule has 1 fully saturated rings. The molecule has 0 aliphatic carbocycles. The summed E-state index contributed by atoms with van der Waals surface area (Å²) in [6.45, 7) is 3.01. The Morgan fingerprint density at radius 3 is 2.42 bits per heavy atom. The van der Waals surface area contributed by atoms with E-state index in [4.69, 9.17) is 17.3 Å². The highest BCUT2D eigenvalue weighted by Gasteiger charge is 2.39. The van der Waals surface area contributed by atoms with Crippen LogP contribution in [0, 0.1) is 5.41 Å². The lowest BCUT2D eigenvalue weighted by Crippen LogP contribution is -2.35. The van der Waals surface area contributed by atoms with Crippen LogP contribution in [0.1, 0.15) is 18.9 Å². The summed E-state index contributed by atoms with van der Waals surface area (Å²) in [6.07, 6.45) is 1.74. The van der Waals surface area contributed by atoms with Crippen molar-refractivity contribution < 1.29 is 16.8 Å². The molecule has 138 valence electrons. The lowest BCUT2D eigenvalue weighted by molar-refractivity contribution is 0.349. The molecule has 0 aromatic heterocycles. The van der Waals surface area contributed by atoms with Crippen LogP contribution >= 0.6 is 24.0 Å². The zero-order valence-electron chi connectivity index (χ0n) is 13.5. The first-order valence-corrected chi connectivity index (χ1v) is 11.0. The summed E-state index contributed by atoms with van der Waals surface area (Å²) < 4.78 is 50.4. The van der Waals surface area contributed by atoms with Crippen LogP contribution in [0.4, 0.5) is 0 Å². The Kier molecular flexibility index (Phi) is 6.74. The summed E-state index contributed by atoms with van der Waals surface area (Å²) in [6, 6.07) is 4.26. The third kappa shape index (κ3) is 4.83. The quantitative estimate of drug-likeness (QED) is 0.786. The standard InChI is InChI=1S/C14H21ClN2O4S2.ClH/c1-14(9-16)5-6-17(10-14)23(20,21)13-7-12(15)4-3-11(13)8-22(2,18)19;/h3-4,7H,5-6,8-10,16H2,1-2H3;1H. The average Bonchev–Trinajstić information content (AvgIpc) is 2.83. The maximum atomic E-state index is 12.9. The predicted octanol–water partition coefficient (Wildman–Crippen LogP) is 1.67. The lowest BCUT2D eigenvalue weighted by atomic mass is 9.90. The number of sulfonamides is 1. The first-order valence-electron chi connectivity index (χ1n) is 7.13. The Labute approximate surface area is 154 Å². The maximum Gasteiger partial charge on any atom is 0.243 e. The zero-order chi connectivity index (χ0) is 17.5. The molecule has 10 heteroatoms. The second kappa shape index (κ2) is 7.47. The van der Waals surface area contributed by atoms with Crippen molar-refractivity contribution in [3.8, 4) is 0 Å². The molecule has 0 bridgehead atoms. The Hall–Kier alpha value is -0.380. The molecular formula is C14H22Cl2N2O4S2. The van der Waals surface area contributed by atoms with Gasteiger partial charge in [0, 0.05) is 24.4 Å². The van der Waals surface area contributed by atoms with Crippen LogP contribution < -0.4 is 5.73 Å². The van der Waals surface area contributed by atoms with Gasteiger partial charge in [-0.3, -0.25) is 0 Å². The second-order valence-corrected chi connectivity index (χ2v) is 10.9. The van der Waals surface area contributed by atoms with Gasteiger partial charge in [0.1, 0.15) is 0 Å². The molecule has 1 saturated heterocycles. The Balaban J connectivity index is 0.00000288. The number of sulfone groups is 1. The number of hydrogen-bond donors (Lipinski definition) is 1. The summed E-state index contributed by atoms with van der Waals surface area (Å²) in [7, 11) is -7.19. The number of benzene rings is 1. The number of halogens is 2. The van der Waals surface area contributed by atoms with E-state index in [1.165, 1.54) is 22.5 Å². The molecule has 0 amide bonds. The van der Waals surface area contributed by atoms with Crippen molar-refractivity contribution in [1.82, 2.24) is 4.31 Å². The molecule has 2 rings (SSSR count). The van der Waals surface area contributed by atoms with Crippen LogP contribution in [0.15, 0.2) is 23.1 Å². The van der Waals surface area contributed by atoms with Gasteiger partial charge in [-0.15, -0.1) is 12.4 Å². The number of nitrogens with zero attached hydrogens (tertiary/aromatic N) is 1. The Morgan fingerprint density at radius 1 is 1.29 bits per heavy atom. The lowest BCUT2D eigenvalue weighted by Gasteiger charge is -2.23. The van der Waals surface area contributed by atoms with E-state index in [0.29, 0.717) is 26.1 Å². The summed E-state index contributed by atoms with van der Waals surface area (Å²) >= 11 is 5.93. The van der Waals surface area contributed by atoms with E-state index in [0.717, 1.165) is 6.26 Å². The van der Waals surface area contributed by atoms with Crippen molar-refractivity contribution in [1.29, 1.82) is 0 Å². The summed E-state index contributed by atoms with van der Waals surface area (Å²) in [5.41, 5.74) is 5.70. The number of rotatable bonds is 5. The molecule has 0 saturated carbocycles. The van der Waals surface area contributed by atoms with Crippen LogP contribution in [0.25, 0.3) is 0 Å². The fourth-order valence-corrected chi connectivity index (χ4v) is 5.64. The Bertz CT molecular complexity index is 812. The number of hydrogen-bond acceptors (Lipinski definition) is 5. The highest BCUT2D eigenvalue weighted by Crippen LogP contribution is 2.34. The van der Waals surface area contributed by atoms with Crippen LogP contribution in [-0.4, -0.2) is 47.0 Å². The van der Waals surface area contributed by atoms with E-state index in [2.05, 4.69) is 0 Å². The van der Waals surface area contributed by atoms with Gasteiger partial charge >= 0.3 is 0 Å². The molecule has 1 atom stereocenters. The fraction of sp³-hybridized carbons (Fsp3) is 0.571. The molecule has 6 nitrogen and oxygen atoms in total. The van der Waals surface area contributed by atoms with E-state index >= 15 is 0 Å². The van der Waals surface area contributed by atoms with Gasteiger partial charge in [0.2, 0.25) is 10.0 Å². The highest BCUT2D eigenvalue weighted by atomic mass is 35.5. The summed E-state index contributed by atoms with van der Waals surface area (Å²) in [5, 5.41) is 0.251. The van der Waals surface area contributed by atoms with Crippen LogP contribution in [0.3, 0.4) is 0 Å². The van der Waals surface area contributed by atoms with Gasteiger partial charge in [0.25, 0.3) is 0 Å². The normalized spacial score (nSPS) is 22.3. The van der Waals surface area contributed by atoms with Gasteiger partial charge in [-0.05, 0) is 36.1 Å². The van der Waals surface area contributed by atoms with Crippen molar-refractivity contribution >= 4 is 43.9 Å². The van der Waals surface area contributed by atoms with Crippen molar-refractivity contribution in [3.05, 3.63) is 28.8 Å². The van der Waals surface area contributed by atoms with Gasteiger partial charge in [-0.2, -0.15) is 4.31 Å². The van der Waals surface area contributed by atoms with E-state index in [1.54, 1.807) is 0 Å². The SMILES string of the molecule is CC1(CN)CCN(S(=O)(=O)c2cc(Cl)ccc2CS(C)(=O)=O)C1.Cl. The second-order valence-electron chi connectivity index (χ2n) is 6.43. The third-order valence-electron chi connectivity index (χ3n) is 4.08. The van der Waals surface area contributed by atoms with E-state index in [9.17, 15) is 16.8 Å². The molecule has 1 aliphatic heterocycles. The summed E-state index contributed by atoms with van der Waals surface area (Å²) in [5.74, 6) is -0.346. The minimum absolute atomic E-state index is 0. The van der Waals surface area contributed by atoms with Crippen molar-refractivity contribution in [2.45, 2.75) is 24.0 Å². The Morgan fingerprint density at radius 2 is 1.92 bits per heavy atom. The van der Waals surface area contributed by atoms with Crippen LogP contribution in [0.5, 0.6) is 0 Å². The van der Waals surface area contributed by atoms with Crippen molar-refractivity contribution in [3.63, 3.8) is 0 Å². The minimum atomic E-state index is -3.82. The largest absolute Gasteiger partial charge is 0.330 e. The minimum Gasteiger partial charge on any atom is -0.330 e. The molecule has 0 radical (unpaired) electrons. The number of nitrogens with two attached hydrogens (primary N) is 1. The fourth-order valence-electron chi connectivity index (χ4n) is 2.66. The van der Waals surface area contributed by atoms with E-state index in [-0.39, 0.29) is 39.1 Å². The average molecular weight is 417 g/mol. The van der Waals surface area contributed by atoms with Gasteiger partial charge in [-0.1, -0.05) is 24.6 Å². The zero-order valence-corrected chi connectivity index (χ0v) is 16.7. The molecule has 0 spiro atoms. The van der Waals surface area contributed by atoms with E-state index < -0.39 is 19.9 Å². The predicted molar refractivity (Wildman–Crippen MR) is 97.8 cm³/mol. The van der Waals surface area contributed by atoms with Crippen LogP contribution in [0.2, 0.25) is 5.02 Å². The molecule has 1 aliphatic rings. The van der Waals surface area contributed by atoms with Crippen LogP contribution in [-0.2, 0) is 25.6 Å². The first kappa shape index (κ1) is 21.7. The van der Waals surface area contributed by atoms with Gasteiger partial charge in [-0.25, -0.2) is 16.8 Å². The van der Waals surface area contributed by atoms with Gasteiger partial charge < -0.3 is 5.73 Å².